The Hall–Kier alpha value is -3.44. The number of likely N-dealkylation sites (N-methyl/N-ethyl adjacent to an activating group) is 1. The lowest BCUT2D eigenvalue weighted by atomic mass is 9.72. The fourth-order valence-corrected chi connectivity index (χ4v) is 9.77. The van der Waals surface area contributed by atoms with Gasteiger partial charge < -0.3 is 74.6 Å². The van der Waals surface area contributed by atoms with Crippen molar-refractivity contribution in [3.8, 4) is 0 Å². The van der Waals surface area contributed by atoms with Crippen molar-refractivity contribution < 1.29 is 77.4 Å². The zero-order chi connectivity index (χ0) is 53.8. The van der Waals surface area contributed by atoms with Crippen LogP contribution in [0, 0.1) is 23.2 Å². The van der Waals surface area contributed by atoms with Gasteiger partial charge in [-0.3, -0.25) is 14.1 Å². The summed E-state index contributed by atoms with van der Waals surface area (Å²) in [7, 11) is 1.10. The van der Waals surface area contributed by atoms with E-state index in [1.165, 1.54) is 26.6 Å². The van der Waals surface area contributed by atoms with E-state index in [9.17, 15) is 49.5 Å². The maximum Gasteiger partial charge on any atom is 0.469 e. The minimum Gasteiger partial charge on any atom is -0.448 e. The summed E-state index contributed by atoms with van der Waals surface area (Å²) in [6.45, 7) is 16.4. The second kappa shape index (κ2) is 27.2. The second-order valence-corrected chi connectivity index (χ2v) is 21.3. The average molecular weight is 1030 g/mol. The third-order valence-electron chi connectivity index (χ3n) is 14.1. The van der Waals surface area contributed by atoms with Crippen LogP contribution < -0.4 is 11.1 Å². The number of carbonyl (C=O) groups excluding carboxylic acids is 2. The van der Waals surface area contributed by atoms with E-state index >= 15 is 0 Å². The SMILES string of the molecule is COC[C@H]([C@@H](O)[C@@H](O)C(=O)NCC[C@@H](C)c1nc(/C=C/C[C@H]2O[C@@]3(C[C@H](O)[C@H]2C)O[C@@H]([C@@H](C[C@@H](O)[C@@H](C)[C@@H](O)[C@@H](C)/C=C(C)/C(C)=C\C=C\C(C)=C\C(N)=O)OC)[C@@H](OP(=O)(O)O)C3(C)C)co1)N(C)C. The van der Waals surface area contributed by atoms with Gasteiger partial charge in [0.25, 0.3) is 5.91 Å². The number of aliphatic hydroxyl groups is 5. The Morgan fingerprint density at radius 3 is 2.31 bits per heavy atom. The molecule has 21 heteroatoms. The molecule has 10 N–H and O–H groups in total. The number of hydrogen-bond donors (Lipinski definition) is 9. The molecule has 2 aliphatic rings. The number of ether oxygens (including phenoxy) is 4. The molecule has 0 saturated carbocycles. The van der Waals surface area contributed by atoms with Crippen molar-refractivity contribution in [2.45, 2.75) is 161 Å². The van der Waals surface area contributed by atoms with Crippen molar-refractivity contribution in [2.75, 3.05) is 41.5 Å². The lowest BCUT2D eigenvalue weighted by Crippen LogP contribution is -2.58. The van der Waals surface area contributed by atoms with Crippen LogP contribution in [0.3, 0.4) is 0 Å². The molecule has 404 valence electrons. The molecule has 2 fully saturated rings. The number of allylic oxidation sites excluding steroid dienone is 6. The molecule has 1 aromatic rings. The molecular weight excluding hydrogens is 944 g/mol. The van der Waals surface area contributed by atoms with E-state index in [4.69, 9.17) is 33.6 Å². The van der Waals surface area contributed by atoms with Gasteiger partial charge in [0, 0.05) is 68.8 Å². The number of rotatable bonds is 27. The summed E-state index contributed by atoms with van der Waals surface area (Å²) in [5.74, 6) is -4.23. The van der Waals surface area contributed by atoms with Gasteiger partial charge >= 0.3 is 7.82 Å². The minimum atomic E-state index is -5.16. The summed E-state index contributed by atoms with van der Waals surface area (Å²) in [5, 5.41) is 58.3. The van der Waals surface area contributed by atoms with Crippen molar-refractivity contribution in [3.05, 3.63) is 71.0 Å². The highest BCUT2D eigenvalue weighted by Crippen LogP contribution is 2.59. The molecule has 20 nitrogen and oxygen atoms in total. The van der Waals surface area contributed by atoms with Crippen LogP contribution in [0.1, 0.15) is 105 Å². The van der Waals surface area contributed by atoms with E-state index < -0.39 is 110 Å². The number of carbonyl (C=O) groups is 2. The molecule has 2 amide bonds. The summed E-state index contributed by atoms with van der Waals surface area (Å²) in [5.41, 5.74) is 6.90. The smallest absolute Gasteiger partial charge is 0.448 e. The molecule has 0 aromatic carbocycles. The number of methoxy groups -OCH3 is 2. The molecule has 0 unspecified atom stereocenters. The van der Waals surface area contributed by atoms with Crippen molar-refractivity contribution in [3.63, 3.8) is 0 Å². The Morgan fingerprint density at radius 1 is 1.06 bits per heavy atom. The van der Waals surface area contributed by atoms with Gasteiger partial charge in [-0.05, 0) is 64.9 Å². The topological polar surface area (TPSA) is 306 Å². The molecule has 71 heavy (non-hydrogen) atoms. The number of nitrogens with two attached hydrogens (primary N) is 1. The van der Waals surface area contributed by atoms with Gasteiger partial charge in [0.15, 0.2) is 17.8 Å². The Balaban J connectivity index is 1.74. The Morgan fingerprint density at radius 2 is 1.72 bits per heavy atom. The van der Waals surface area contributed by atoms with Crippen LogP contribution in [-0.2, 0) is 37.6 Å². The quantitative estimate of drug-likeness (QED) is 0.0345. The number of aromatic nitrogens is 1. The first-order chi connectivity index (χ1) is 33.0. The van der Waals surface area contributed by atoms with E-state index in [2.05, 4.69) is 10.3 Å². The first-order valence-electron chi connectivity index (χ1n) is 24.1. The van der Waals surface area contributed by atoms with Crippen molar-refractivity contribution in [1.29, 1.82) is 0 Å². The number of oxazole rings is 1. The van der Waals surface area contributed by atoms with E-state index in [0.717, 1.165) is 11.1 Å². The molecule has 1 aromatic heterocycles. The van der Waals surface area contributed by atoms with Gasteiger partial charge in [0.1, 0.15) is 30.3 Å². The highest BCUT2D eigenvalue weighted by molar-refractivity contribution is 7.46. The number of amides is 2. The van der Waals surface area contributed by atoms with Gasteiger partial charge in [-0.2, -0.15) is 0 Å². The molecule has 15 atom stereocenters. The van der Waals surface area contributed by atoms with Gasteiger partial charge in [-0.15, -0.1) is 0 Å². The second-order valence-electron chi connectivity index (χ2n) is 20.1. The molecular formula is C50H83N4O16P. The molecule has 2 aliphatic heterocycles. The predicted octanol–water partition coefficient (Wildman–Crippen LogP) is 3.65. The average Bonchev–Trinajstić information content (AvgIpc) is 3.83. The molecule has 3 heterocycles. The van der Waals surface area contributed by atoms with Crippen LogP contribution in [0.2, 0.25) is 0 Å². The summed E-state index contributed by atoms with van der Waals surface area (Å²) >= 11 is 0. The molecule has 1 spiro atoms. The van der Waals surface area contributed by atoms with Crippen LogP contribution in [-0.4, -0.2) is 165 Å². The maximum absolute atomic E-state index is 12.6. The Labute approximate surface area is 419 Å². The van der Waals surface area contributed by atoms with E-state index in [1.54, 1.807) is 71.0 Å². The largest absolute Gasteiger partial charge is 0.469 e. The molecule has 0 bridgehead atoms. The van der Waals surface area contributed by atoms with Crippen molar-refractivity contribution in [2.24, 2.45) is 28.9 Å². The van der Waals surface area contributed by atoms with E-state index in [1.807, 2.05) is 46.8 Å². The van der Waals surface area contributed by atoms with Crippen LogP contribution in [0.5, 0.6) is 0 Å². The predicted molar refractivity (Wildman–Crippen MR) is 266 cm³/mol. The van der Waals surface area contributed by atoms with Crippen LogP contribution in [0.15, 0.2) is 63.9 Å². The van der Waals surface area contributed by atoms with E-state index in [0.29, 0.717) is 23.6 Å². The third kappa shape index (κ3) is 17.0. The third-order valence-corrected chi connectivity index (χ3v) is 14.6. The molecule has 0 radical (unpaired) electrons. The monoisotopic (exact) mass is 1030 g/mol. The van der Waals surface area contributed by atoms with E-state index in [-0.39, 0.29) is 38.3 Å². The first-order valence-corrected chi connectivity index (χ1v) is 25.6. The lowest BCUT2D eigenvalue weighted by molar-refractivity contribution is -0.334. The number of phosphoric acid groups is 1. The number of nitrogens with one attached hydrogen (secondary N) is 1. The molecule has 3 rings (SSSR count). The highest BCUT2D eigenvalue weighted by Gasteiger charge is 2.68. The lowest BCUT2D eigenvalue weighted by Gasteiger charge is -2.50. The van der Waals surface area contributed by atoms with Gasteiger partial charge in [-0.1, -0.05) is 77.5 Å². The number of aliphatic hydroxyl groups excluding tert-OH is 5. The number of nitrogens with zero attached hydrogens (tertiary/aromatic N) is 2. The zero-order valence-corrected chi connectivity index (χ0v) is 44.6. The summed E-state index contributed by atoms with van der Waals surface area (Å²) < 4.78 is 48.2. The Bertz CT molecular complexity index is 2080. The maximum atomic E-state index is 12.6. The standard InChI is InChI=1S/C50H83N4O16P/c1-28(22-41(51)57)16-14-17-29(2)31(4)23-32(5)42(58)34(7)37(55)24-40(66-13)45-46(70-71(62,63)64)49(8,9)50(69-45)25-38(56)33(6)39(68-50)19-15-18-35-26-67-48(53-35)30(3)20-21-52-47(61)44(60)43(59)36(27-65-12)54(10)11/h14-18,22-23,26,30,32-34,36-40,42-46,55-56,58-60H,19-21,24-25,27H2,1-13H3,(H2,51,57)(H,52,61)(H2,62,63,64)/b16-14+,18-15+,28-22+,29-17-,31-23+/t30-,32+,33-,34-,36-,37-,38+,39-,40-,42+,43-,44-,45+,46-,50+/m1/s1. The summed E-state index contributed by atoms with van der Waals surface area (Å²) in [4.78, 5) is 50.4. The van der Waals surface area contributed by atoms with Crippen LogP contribution in [0.4, 0.5) is 0 Å². The molecule has 0 aliphatic carbocycles. The van der Waals surface area contributed by atoms with Gasteiger partial charge in [0.2, 0.25) is 5.91 Å². The summed E-state index contributed by atoms with van der Waals surface area (Å²) in [6, 6.07) is -0.597. The number of hydrogen-bond acceptors (Lipinski definition) is 16. The number of phosphoric ester groups is 1. The van der Waals surface area contributed by atoms with Crippen molar-refractivity contribution >= 4 is 25.7 Å². The van der Waals surface area contributed by atoms with Crippen LogP contribution in [0.25, 0.3) is 6.08 Å². The number of primary amides is 1. The van der Waals surface area contributed by atoms with Crippen LogP contribution >= 0.6 is 7.82 Å². The van der Waals surface area contributed by atoms with Gasteiger partial charge in [-0.25, -0.2) is 9.55 Å². The van der Waals surface area contributed by atoms with Crippen molar-refractivity contribution in [1.82, 2.24) is 15.2 Å². The zero-order valence-electron chi connectivity index (χ0n) is 43.7. The molecule has 2 saturated heterocycles. The first kappa shape index (κ1) is 61.9. The normalized spacial score (nSPS) is 27.5. The van der Waals surface area contributed by atoms with Gasteiger partial charge in [0.05, 0.1) is 43.2 Å². The fourth-order valence-electron chi connectivity index (χ4n) is 9.09. The minimum absolute atomic E-state index is 0.0709. The highest BCUT2D eigenvalue weighted by atomic mass is 31.2. The summed E-state index contributed by atoms with van der Waals surface area (Å²) in [6.07, 6.45) is 3.69. The fraction of sp³-hybridized carbons (Fsp3) is 0.700. The Kier molecular flexibility index (Phi) is 23.7.